The summed E-state index contributed by atoms with van der Waals surface area (Å²) in [4.78, 5) is 0. The zero-order valence-electron chi connectivity index (χ0n) is 6.17. The zero-order chi connectivity index (χ0) is 7.61. The molecule has 3 heteroatoms. The number of hydrogen-bond acceptors (Lipinski definition) is 2. The maximum Gasteiger partial charge on any atom is 0.157 e. The molecule has 0 aliphatic carbocycles. The summed E-state index contributed by atoms with van der Waals surface area (Å²) < 4.78 is 0.595. The molecule has 1 aliphatic rings. The van der Waals surface area contributed by atoms with Crippen LogP contribution < -0.4 is 5.43 Å². The van der Waals surface area contributed by atoms with Crippen molar-refractivity contribution in [2.75, 3.05) is 26.7 Å². The molecule has 1 unspecified atom stereocenters. The number of aliphatic hydroxyl groups is 1. The van der Waals surface area contributed by atoms with Crippen LogP contribution in [0.3, 0.4) is 0 Å². The van der Waals surface area contributed by atoms with Gasteiger partial charge in [0.15, 0.2) is 6.54 Å². The summed E-state index contributed by atoms with van der Waals surface area (Å²) in [6.45, 7) is 2.00. The number of rotatable bonds is 1. The van der Waals surface area contributed by atoms with E-state index in [1.165, 1.54) is 0 Å². The number of aliphatic hydroxyl groups excluding tert-OH is 1. The minimum absolute atomic E-state index is 0.238. The SMILES string of the molecule is C#CC[N+]1(C)C[C@H](O)CN1. The Hall–Kier alpha value is -0.560. The number of quaternary nitrogens is 1. The summed E-state index contributed by atoms with van der Waals surface area (Å²) in [6.07, 6.45) is 4.91. The molecule has 1 fully saturated rings. The van der Waals surface area contributed by atoms with Crippen LogP contribution >= 0.6 is 0 Å². The Morgan fingerprint density at radius 3 is 3.00 bits per heavy atom. The molecule has 1 rings (SSSR count). The predicted octanol–water partition coefficient (Wildman–Crippen LogP) is -1.05. The number of β-amino-alcohol motifs (C(OH)–C–C–N with tert-alkyl or cyclic N) is 1. The fourth-order valence-corrected chi connectivity index (χ4v) is 1.24. The summed E-state index contributed by atoms with van der Waals surface area (Å²) >= 11 is 0. The van der Waals surface area contributed by atoms with Gasteiger partial charge in [-0.15, -0.1) is 6.42 Å². The number of hydrogen-bond donors (Lipinski definition) is 2. The third kappa shape index (κ3) is 1.48. The Balaban J connectivity index is 2.48. The smallest absolute Gasteiger partial charge is 0.157 e. The molecule has 56 valence electrons. The van der Waals surface area contributed by atoms with Gasteiger partial charge in [0.1, 0.15) is 12.6 Å². The highest BCUT2D eigenvalue weighted by Crippen LogP contribution is 2.05. The average molecular weight is 141 g/mol. The topological polar surface area (TPSA) is 32.3 Å². The van der Waals surface area contributed by atoms with Crippen LogP contribution in [0.1, 0.15) is 0 Å². The Morgan fingerprint density at radius 2 is 2.60 bits per heavy atom. The highest BCUT2D eigenvalue weighted by molar-refractivity contribution is 4.84. The Kier molecular flexibility index (Phi) is 1.95. The Morgan fingerprint density at radius 1 is 1.90 bits per heavy atom. The van der Waals surface area contributed by atoms with Crippen LogP contribution in [0.4, 0.5) is 0 Å². The molecule has 3 nitrogen and oxygen atoms in total. The van der Waals surface area contributed by atoms with E-state index < -0.39 is 0 Å². The van der Waals surface area contributed by atoms with Gasteiger partial charge in [0, 0.05) is 0 Å². The molecule has 0 amide bonds. The zero-order valence-corrected chi connectivity index (χ0v) is 6.17. The van der Waals surface area contributed by atoms with Gasteiger partial charge >= 0.3 is 0 Å². The summed E-state index contributed by atoms with van der Waals surface area (Å²) in [5.41, 5.74) is 3.13. The molecule has 10 heavy (non-hydrogen) atoms. The van der Waals surface area contributed by atoms with Gasteiger partial charge in [0.25, 0.3) is 0 Å². The van der Waals surface area contributed by atoms with Gasteiger partial charge in [0.05, 0.1) is 13.6 Å². The van der Waals surface area contributed by atoms with Crippen LogP contribution in [0, 0.1) is 12.3 Å². The van der Waals surface area contributed by atoms with E-state index in [0.717, 1.165) is 0 Å². The standard InChI is InChI=1S/C7H13N2O/c1-3-4-9(2)6-7(10)5-8-9/h1,7-8,10H,4-6H2,2H3/q+1/t7-,9?/m1/s1. The first-order chi connectivity index (χ1) is 4.66. The van der Waals surface area contributed by atoms with Gasteiger partial charge in [-0.25, -0.2) is 4.59 Å². The van der Waals surface area contributed by atoms with E-state index in [1.807, 2.05) is 7.05 Å². The highest BCUT2D eigenvalue weighted by Gasteiger charge is 2.32. The van der Waals surface area contributed by atoms with E-state index in [4.69, 9.17) is 11.5 Å². The third-order valence-corrected chi connectivity index (χ3v) is 1.76. The molecule has 1 aliphatic heterocycles. The second-order valence-corrected chi connectivity index (χ2v) is 2.96. The summed E-state index contributed by atoms with van der Waals surface area (Å²) in [7, 11) is 1.98. The van der Waals surface area contributed by atoms with Gasteiger partial charge in [-0.05, 0) is 5.92 Å². The van der Waals surface area contributed by atoms with Gasteiger partial charge < -0.3 is 5.11 Å². The van der Waals surface area contributed by atoms with Crippen molar-refractivity contribution in [3.05, 3.63) is 0 Å². The lowest BCUT2D eigenvalue weighted by Gasteiger charge is -2.24. The molecule has 0 bridgehead atoms. The highest BCUT2D eigenvalue weighted by atomic mass is 16.3. The Labute approximate surface area is 61.2 Å². The lowest BCUT2D eigenvalue weighted by Crippen LogP contribution is -2.50. The Bertz CT molecular complexity index is 163. The largest absolute Gasteiger partial charge is 0.386 e. The molecule has 0 radical (unpaired) electrons. The lowest BCUT2D eigenvalue weighted by molar-refractivity contribution is -0.934. The molecule has 0 saturated carbocycles. The minimum Gasteiger partial charge on any atom is -0.386 e. The predicted molar refractivity (Wildman–Crippen MR) is 38.8 cm³/mol. The molecule has 1 heterocycles. The van der Waals surface area contributed by atoms with E-state index >= 15 is 0 Å². The number of likely N-dealkylation sites (N-methyl/N-ethyl adjacent to an activating group) is 1. The van der Waals surface area contributed by atoms with Crippen molar-refractivity contribution in [2.24, 2.45) is 0 Å². The molecule has 1 saturated heterocycles. The van der Waals surface area contributed by atoms with Crippen LogP contribution in [0.15, 0.2) is 0 Å². The van der Waals surface area contributed by atoms with Crippen LogP contribution in [0.25, 0.3) is 0 Å². The minimum atomic E-state index is -0.238. The van der Waals surface area contributed by atoms with Crippen molar-refractivity contribution < 1.29 is 9.70 Å². The lowest BCUT2D eigenvalue weighted by atomic mass is 10.4. The van der Waals surface area contributed by atoms with Crippen LogP contribution in [-0.2, 0) is 0 Å². The molecular formula is C7H13N2O+. The second-order valence-electron chi connectivity index (χ2n) is 2.96. The van der Waals surface area contributed by atoms with Gasteiger partial charge in [0.2, 0.25) is 0 Å². The summed E-state index contributed by atoms with van der Waals surface area (Å²) in [5, 5.41) is 9.14. The summed E-state index contributed by atoms with van der Waals surface area (Å²) in [5.74, 6) is 2.57. The van der Waals surface area contributed by atoms with Crippen molar-refractivity contribution in [2.45, 2.75) is 6.10 Å². The van der Waals surface area contributed by atoms with Crippen molar-refractivity contribution in [1.29, 1.82) is 0 Å². The van der Waals surface area contributed by atoms with E-state index in [-0.39, 0.29) is 6.10 Å². The maximum absolute atomic E-state index is 9.14. The average Bonchev–Trinajstić information content (AvgIpc) is 2.12. The van der Waals surface area contributed by atoms with Gasteiger partial charge in [-0.1, -0.05) is 0 Å². The molecule has 0 aromatic carbocycles. The van der Waals surface area contributed by atoms with Crippen molar-refractivity contribution in [3.63, 3.8) is 0 Å². The van der Waals surface area contributed by atoms with E-state index in [1.54, 1.807) is 0 Å². The number of nitrogens with one attached hydrogen (secondary N) is 1. The van der Waals surface area contributed by atoms with E-state index in [2.05, 4.69) is 11.3 Å². The first kappa shape index (κ1) is 7.55. The number of terminal acetylenes is 1. The first-order valence-corrected chi connectivity index (χ1v) is 3.37. The van der Waals surface area contributed by atoms with E-state index in [0.29, 0.717) is 24.2 Å². The van der Waals surface area contributed by atoms with Crippen molar-refractivity contribution >= 4 is 0 Å². The van der Waals surface area contributed by atoms with Crippen molar-refractivity contribution in [1.82, 2.24) is 5.43 Å². The quantitative estimate of drug-likeness (QED) is 0.360. The molecule has 0 aromatic rings. The van der Waals surface area contributed by atoms with Crippen LogP contribution in [-0.4, -0.2) is 42.5 Å². The van der Waals surface area contributed by atoms with Crippen LogP contribution in [0.2, 0.25) is 0 Å². The molecule has 0 spiro atoms. The fourth-order valence-electron chi connectivity index (χ4n) is 1.24. The molecule has 2 atom stereocenters. The first-order valence-electron chi connectivity index (χ1n) is 3.37. The van der Waals surface area contributed by atoms with Gasteiger partial charge in [-0.3, -0.25) is 0 Å². The van der Waals surface area contributed by atoms with Crippen molar-refractivity contribution in [3.8, 4) is 12.3 Å². The van der Waals surface area contributed by atoms with Crippen LogP contribution in [0.5, 0.6) is 0 Å². The monoisotopic (exact) mass is 141 g/mol. The maximum atomic E-state index is 9.14. The molecule has 2 N–H and O–H groups in total. The normalized spacial score (nSPS) is 39.5. The number of nitrogens with zero attached hydrogens (tertiary/aromatic N) is 1. The fraction of sp³-hybridized carbons (Fsp3) is 0.714. The van der Waals surface area contributed by atoms with E-state index in [9.17, 15) is 0 Å². The van der Waals surface area contributed by atoms with Gasteiger partial charge in [-0.2, -0.15) is 5.43 Å². The molecule has 0 aromatic heterocycles. The molecular weight excluding hydrogens is 128 g/mol. The second kappa shape index (κ2) is 2.59. The third-order valence-electron chi connectivity index (χ3n) is 1.76. The summed E-state index contributed by atoms with van der Waals surface area (Å²) in [6, 6.07) is 0.